The highest BCUT2D eigenvalue weighted by Crippen LogP contribution is 2.35. The molecule has 2 aromatic rings. The van der Waals surface area contributed by atoms with Gasteiger partial charge in [-0.05, 0) is 25.0 Å². The van der Waals surface area contributed by atoms with E-state index in [1.165, 1.54) is 21.7 Å². The number of urea groups is 1. The van der Waals surface area contributed by atoms with Gasteiger partial charge in [-0.3, -0.25) is 5.32 Å². The average molecular weight is 465 g/mol. The SMILES string of the molecule is O=C(Nc1nc2c(s1)CN(S(=O)(=O)c1ccc3c(c1)OCCO3)CC2)NC1CCCC1. The van der Waals surface area contributed by atoms with Gasteiger partial charge in [0.05, 0.1) is 17.1 Å². The van der Waals surface area contributed by atoms with E-state index in [4.69, 9.17) is 9.47 Å². The smallest absolute Gasteiger partial charge is 0.321 e. The van der Waals surface area contributed by atoms with E-state index in [9.17, 15) is 13.2 Å². The Kier molecular flexibility index (Phi) is 5.49. The first-order chi connectivity index (χ1) is 15.0. The van der Waals surface area contributed by atoms with E-state index in [0.29, 0.717) is 42.8 Å². The number of benzene rings is 1. The van der Waals surface area contributed by atoms with Crippen molar-refractivity contribution < 1.29 is 22.7 Å². The molecular formula is C20H24N4O5S2. The molecule has 0 spiro atoms. The number of thiazole rings is 1. The highest BCUT2D eigenvalue weighted by atomic mass is 32.2. The minimum absolute atomic E-state index is 0.180. The number of nitrogens with zero attached hydrogens (tertiary/aromatic N) is 2. The second kappa shape index (κ2) is 8.29. The lowest BCUT2D eigenvalue weighted by atomic mass is 10.2. The molecule has 9 nitrogen and oxygen atoms in total. The summed E-state index contributed by atoms with van der Waals surface area (Å²) in [6, 6.07) is 4.67. The number of rotatable bonds is 4. The molecule has 3 aliphatic rings. The Morgan fingerprint density at radius 1 is 1.16 bits per heavy atom. The number of aromatic nitrogens is 1. The van der Waals surface area contributed by atoms with Crippen LogP contribution in [0.15, 0.2) is 23.1 Å². The summed E-state index contributed by atoms with van der Waals surface area (Å²) in [5.74, 6) is 1.00. The van der Waals surface area contributed by atoms with Gasteiger partial charge >= 0.3 is 6.03 Å². The van der Waals surface area contributed by atoms with Crippen molar-refractivity contribution in [1.82, 2.24) is 14.6 Å². The molecule has 166 valence electrons. The van der Waals surface area contributed by atoms with Crippen molar-refractivity contribution >= 4 is 32.5 Å². The van der Waals surface area contributed by atoms with Crippen LogP contribution < -0.4 is 20.1 Å². The Morgan fingerprint density at radius 3 is 2.74 bits per heavy atom. The van der Waals surface area contributed by atoms with Crippen molar-refractivity contribution in [2.45, 2.75) is 49.6 Å². The van der Waals surface area contributed by atoms with E-state index in [2.05, 4.69) is 15.6 Å². The lowest BCUT2D eigenvalue weighted by Crippen LogP contribution is -2.36. The number of sulfonamides is 1. The predicted octanol–water partition coefficient (Wildman–Crippen LogP) is 2.73. The molecule has 0 bridgehead atoms. The van der Waals surface area contributed by atoms with Gasteiger partial charge in [0.25, 0.3) is 0 Å². The fourth-order valence-electron chi connectivity index (χ4n) is 4.15. The molecular weight excluding hydrogens is 440 g/mol. The van der Waals surface area contributed by atoms with Crippen LogP contribution in [0.4, 0.5) is 9.93 Å². The van der Waals surface area contributed by atoms with E-state index in [1.54, 1.807) is 12.1 Å². The molecule has 3 heterocycles. The van der Waals surface area contributed by atoms with Gasteiger partial charge in [-0.2, -0.15) is 4.31 Å². The number of carbonyl (C=O) groups excluding carboxylic acids is 1. The maximum atomic E-state index is 13.2. The number of ether oxygens (including phenoxy) is 2. The van der Waals surface area contributed by atoms with Crippen LogP contribution >= 0.6 is 11.3 Å². The summed E-state index contributed by atoms with van der Waals surface area (Å²) in [5, 5.41) is 6.28. The van der Waals surface area contributed by atoms with Crippen molar-refractivity contribution in [3.05, 3.63) is 28.8 Å². The summed E-state index contributed by atoms with van der Waals surface area (Å²) in [6.07, 6.45) is 4.80. The van der Waals surface area contributed by atoms with Gasteiger partial charge in [0.15, 0.2) is 16.6 Å². The molecule has 1 aliphatic carbocycles. The zero-order valence-corrected chi connectivity index (χ0v) is 18.6. The molecule has 0 unspecified atom stereocenters. The van der Waals surface area contributed by atoms with Gasteiger partial charge in [0.2, 0.25) is 10.0 Å². The lowest BCUT2D eigenvalue weighted by molar-refractivity contribution is 0.171. The van der Waals surface area contributed by atoms with E-state index in [0.717, 1.165) is 36.3 Å². The molecule has 1 fully saturated rings. The molecule has 31 heavy (non-hydrogen) atoms. The number of hydrogen-bond acceptors (Lipinski definition) is 7. The van der Waals surface area contributed by atoms with Crippen molar-refractivity contribution in [3.8, 4) is 11.5 Å². The number of nitrogens with one attached hydrogen (secondary N) is 2. The van der Waals surface area contributed by atoms with Crippen LogP contribution in [0.5, 0.6) is 11.5 Å². The monoisotopic (exact) mass is 464 g/mol. The van der Waals surface area contributed by atoms with Crippen molar-refractivity contribution in [2.75, 3.05) is 25.1 Å². The molecule has 0 radical (unpaired) electrons. The molecule has 1 saturated carbocycles. The summed E-state index contributed by atoms with van der Waals surface area (Å²) < 4.78 is 38.8. The van der Waals surface area contributed by atoms with Gasteiger partial charge in [-0.25, -0.2) is 18.2 Å². The molecule has 5 rings (SSSR count). The Hall–Kier alpha value is -2.37. The number of fused-ring (bicyclic) bond motifs is 2. The largest absolute Gasteiger partial charge is 0.486 e. The predicted molar refractivity (Wildman–Crippen MR) is 115 cm³/mol. The quantitative estimate of drug-likeness (QED) is 0.720. The normalized spacial score (nSPS) is 19.1. The summed E-state index contributed by atoms with van der Waals surface area (Å²) in [4.78, 5) is 17.8. The number of hydrogen-bond donors (Lipinski definition) is 2. The summed E-state index contributed by atoms with van der Waals surface area (Å²) >= 11 is 1.33. The Labute approximate surface area is 184 Å². The molecule has 1 aromatic heterocycles. The third-order valence-electron chi connectivity index (χ3n) is 5.76. The zero-order chi connectivity index (χ0) is 21.4. The first kappa shape index (κ1) is 20.5. The van der Waals surface area contributed by atoms with Gasteiger partial charge in [-0.1, -0.05) is 24.2 Å². The molecule has 2 amide bonds. The summed E-state index contributed by atoms with van der Waals surface area (Å²) in [5.41, 5.74) is 0.842. The highest BCUT2D eigenvalue weighted by molar-refractivity contribution is 7.89. The van der Waals surface area contributed by atoms with Crippen LogP contribution in [-0.4, -0.2) is 49.5 Å². The fourth-order valence-corrected chi connectivity index (χ4v) is 6.68. The van der Waals surface area contributed by atoms with Gasteiger partial charge < -0.3 is 14.8 Å². The minimum Gasteiger partial charge on any atom is -0.486 e. The van der Waals surface area contributed by atoms with Crippen molar-refractivity contribution in [2.24, 2.45) is 0 Å². The van der Waals surface area contributed by atoms with Crippen LogP contribution in [0.25, 0.3) is 0 Å². The molecule has 0 atom stereocenters. The van der Waals surface area contributed by atoms with E-state index < -0.39 is 10.0 Å². The summed E-state index contributed by atoms with van der Waals surface area (Å²) in [7, 11) is -3.69. The minimum atomic E-state index is -3.69. The molecule has 1 aromatic carbocycles. The highest BCUT2D eigenvalue weighted by Gasteiger charge is 2.31. The van der Waals surface area contributed by atoms with E-state index in [-0.39, 0.29) is 23.5 Å². The maximum Gasteiger partial charge on any atom is 0.321 e. The zero-order valence-electron chi connectivity index (χ0n) is 16.9. The third kappa shape index (κ3) is 4.21. The Balaban J connectivity index is 1.28. The van der Waals surface area contributed by atoms with E-state index >= 15 is 0 Å². The van der Waals surface area contributed by atoms with Gasteiger partial charge in [0.1, 0.15) is 13.2 Å². The van der Waals surface area contributed by atoms with Crippen LogP contribution in [-0.2, 0) is 23.0 Å². The van der Waals surface area contributed by atoms with Crippen molar-refractivity contribution in [3.63, 3.8) is 0 Å². The summed E-state index contributed by atoms with van der Waals surface area (Å²) in [6.45, 7) is 1.42. The fraction of sp³-hybridized carbons (Fsp3) is 0.500. The average Bonchev–Trinajstić information content (AvgIpc) is 3.41. The van der Waals surface area contributed by atoms with Crippen LogP contribution in [0, 0.1) is 0 Å². The molecule has 2 aliphatic heterocycles. The van der Waals surface area contributed by atoms with Crippen molar-refractivity contribution in [1.29, 1.82) is 0 Å². The van der Waals surface area contributed by atoms with Gasteiger partial charge in [0, 0.05) is 30.0 Å². The second-order valence-corrected chi connectivity index (χ2v) is 10.9. The standard InChI is InChI=1S/C20H24N4O5S2/c25-19(21-13-3-1-2-4-13)23-20-22-15-7-8-24(12-18(15)30-20)31(26,27)14-5-6-16-17(11-14)29-10-9-28-16/h5-6,11,13H,1-4,7-10,12H2,(H2,21,22,23,25). The van der Waals surface area contributed by atoms with Crippen LogP contribution in [0.2, 0.25) is 0 Å². The maximum absolute atomic E-state index is 13.2. The van der Waals surface area contributed by atoms with Crippen LogP contribution in [0.1, 0.15) is 36.3 Å². The molecule has 0 saturated heterocycles. The first-order valence-corrected chi connectivity index (χ1v) is 12.7. The lowest BCUT2D eigenvalue weighted by Gasteiger charge is -2.26. The number of carbonyl (C=O) groups is 1. The first-order valence-electron chi connectivity index (χ1n) is 10.4. The Morgan fingerprint density at radius 2 is 1.94 bits per heavy atom. The third-order valence-corrected chi connectivity index (χ3v) is 8.60. The Bertz CT molecular complexity index is 1090. The number of amides is 2. The van der Waals surface area contributed by atoms with Gasteiger partial charge in [-0.15, -0.1) is 0 Å². The second-order valence-electron chi connectivity index (χ2n) is 7.86. The molecule has 2 N–H and O–H groups in total. The van der Waals surface area contributed by atoms with E-state index in [1.807, 2.05) is 0 Å². The topological polar surface area (TPSA) is 110 Å². The van der Waals surface area contributed by atoms with Crippen LogP contribution in [0.3, 0.4) is 0 Å². The number of anilines is 1. The molecule has 11 heteroatoms.